The van der Waals surface area contributed by atoms with Crippen LogP contribution >= 0.6 is 0 Å². The normalized spacial score (nSPS) is 10.7. The summed E-state index contributed by atoms with van der Waals surface area (Å²) in [5, 5.41) is 23.7. The highest BCUT2D eigenvalue weighted by molar-refractivity contribution is 5.93. The van der Waals surface area contributed by atoms with Crippen LogP contribution in [0.4, 0.5) is 5.69 Å². The molecule has 0 saturated carbocycles. The number of H-pyrrole nitrogens is 1. The lowest BCUT2D eigenvalue weighted by Gasteiger charge is -2.23. The van der Waals surface area contributed by atoms with Crippen molar-refractivity contribution >= 4 is 11.6 Å². The van der Waals surface area contributed by atoms with Crippen molar-refractivity contribution in [3.8, 4) is 17.1 Å². The quantitative estimate of drug-likeness (QED) is 0.681. The zero-order valence-corrected chi connectivity index (χ0v) is 14.6. The maximum atomic E-state index is 12.8. The van der Waals surface area contributed by atoms with Crippen LogP contribution in [0.5, 0.6) is 5.75 Å². The molecule has 0 radical (unpaired) electrons. The van der Waals surface area contributed by atoms with Crippen molar-refractivity contribution in [1.82, 2.24) is 20.6 Å². The molecule has 134 valence electrons. The minimum absolute atomic E-state index is 0.0421. The third kappa shape index (κ3) is 4.24. The van der Waals surface area contributed by atoms with E-state index in [1.165, 1.54) is 0 Å². The highest BCUT2D eigenvalue weighted by Gasteiger charge is 2.17. The maximum absolute atomic E-state index is 12.8. The lowest BCUT2D eigenvalue weighted by Crippen LogP contribution is -2.30. The van der Waals surface area contributed by atoms with E-state index in [1.807, 2.05) is 30.3 Å². The number of rotatable bonds is 7. The van der Waals surface area contributed by atoms with E-state index in [4.69, 9.17) is 0 Å². The summed E-state index contributed by atoms with van der Waals surface area (Å²) in [6, 6.07) is 14.4. The van der Waals surface area contributed by atoms with Gasteiger partial charge in [-0.15, -0.1) is 10.2 Å². The Labute approximate surface area is 151 Å². The first-order valence-corrected chi connectivity index (χ1v) is 8.59. The molecule has 2 N–H and O–H groups in total. The predicted octanol–water partition coefficient (Wildman–Crippen LogP) is 3.30. The van der Waals surface area contributed by atoms with Gasteiger partial charge in [-0.1, -0.05) is 37.6 Å². The number of tetrazole rings is 1. The smallest absolute Gasteiger partial charge is 0.227 e. The Morgan fingerprint density at radius 1 is 1.19 bits per heavy atom. The van der Waals surface area contributed by atoms with Gasteiger partial charge in [-0.3, -0.25) is 4.79 Å². The standard InChI is InChI=1S/C19H21N5O2/c1-2-3-10-18(26)24(13-14-6-4-9-17(25)11-14)16-8-5-7-15(12-16)19-20-22-23-21-19/h4-9,11-12,25H,2-3,10,13H2,1H3,(H,20,21,22,23). The van der Waals surface area contributed by atoms with Crippen LogP contribution in [0.25, 0.3) is 11.4 Å². The molecule has 3 aromatic rings. The van der Waals surface area contributed by atoms with Crippen molar-refractivity contribution in [2.24, 2.45) is 0 Å². The number of nitrogens with one attached hydrogen (secondary N) is 1. The summed E-state index contributed by atoms with van der Waals surface area (Å²) in [5.74, 6) is 0.703. The summed E-state index contributed by atoms with van der Waals surface area (Å²) in [4.78, 5) is 14.5. The van der Waals surface area contributed by atoms with E-state index in [2.05, 4.69) is 27.5 Å². The molecule has 1 aromatic heterocycles. The largest absolute Gasteiger partial charge is 0.508 e. The zero-order valence-electron chi connectivity index (χ0n) is 14.6. The van der Waals surface area contributed by atoms with E-state index in [-0.39, 0.29) is 11.7 Å². The summed E-state index contributed by atoms with van der Waals surface area (Å²) in [6.45, 7) is 2.44. The molecule has 0 atom stereocenters. The zero-order chi connectivity index (χ0) is 18.4. The van der Waals surface area contributed by atoms with E-state index < -0.39 is 0 Å². The molecular formula is C19H21N5O2. The van der Waals surface area contributed by atoms with Gasteiger partial charge in [-0.05, 0) is 41.5 Å². The molecule has 3 rings (SSSR count). The van der Waals surface area contributed by atoms with E-state index >= 15 is 0 Å². The molecular weight excluding hydrogens is 330 g/mol. The first-order valence-electron chi connectivity index (χ1n) is 8.59. The number of aromatic amines is 1. The third-order valence-electron chi connectivity index (χ3n) is 4.06. The molecule has 2 aromatic carbocycles. The maximum Gasteiger partial charge on any atom is 0.227 e. The van der Waals surface area contributed by atoms with Crippen molar-refractivity contribution in [2.75, 3.05) is 4.90 Å². The molecule has 0 fully saturated rings. The average Bonchev–Trinajstić information content (AvgIpc) is 3.19. The number of amides is 1. The van der Waals surface area contributed by atoms with Gasteiger partial charge in [-0.25, -0.2) is 0 Å². The molecule has 0 unspecified atom stereocenters. The van der Waals surface area contributed by atoms with Crippen molar-refractivity contribution in [3.05, 3.63) is 54.1 Å². The van der Waals surface area contributed by atoms with Gasteiger partial charge in [0.15, 0.2) is 0 Å². The molecule has 7 heteroatoms. The van der Waals surface area contributed by atoms with Crippen LogP contribution < -0.4 is 4.90 Å². The van der Waals surface area contributed by atoms with Crippen LogP contribution in [0, 0.1) is 0 Å². The van der Waals surface area contributed by atoms with Crippen LogP contribution in [0.15, 0.2) is 48.5 Å². The second kappa shape index (κ2) is 8.24. The Hall–Kier alpha value is -3.22. The van der Waals surface area contributed by atoms with Gasteiger partial charge in [0.2, 0.25) is 11.7 Å². The number of hydrogen-bond donors (Lipinski definition) is 2. The topological polar surface area (TPSA) is 95.0 Å². The van der Waals surface area contributed by atoms with E-state index in [0.29, 0.717) is 18.8 Å². The molecule has 0 bridgehead atoms. The molecule has 7 nitrogen and oxygen atoms in total. The second-order valence-electron chi connectivity index (χ2n) is 6.04. The Balaban J connectivity index is 1.92. The number of phenols is 1. The van der Waals surface area contributed by atoms with Crippen molar-refractivity contribution < 1.29 is 9.90 Å². The average molecular weight is 351 g/mol. The third-order valence-corrected chi connectivity index (χ3v) is 4.06. The minimum Gasteiger partial charge on any atom is -0.508 e. The van der Waals surface area contributed by atoms with Gasteiger partial charge in [0, 0.05) is 17.7 Å². The number of carbonyl (C=O) groups is 1. The van der Waals surface area contributed by atoms with Crippen LogP contribution in [0.1, 0.15) is 31.7 Å². The molecule has 1 heterocycles. The fourth-order valence-electron chi connectivity index (χ4n) is 2.72. The highest BCUT2D eigenvalue weighted by Crippen LogP contribution is 2.25. The van der Waals surface area contributed by atoms with Crippen LogP contribution in [-0.2, 0) is 11.3 Å². The van der Waals surface area contributed by atoms with Crippen LogP contribution in [0.3, 0.4) is 0 Å². The number of aromatic nitrogens is 4. The Morgan fingerprint density at radius 3 is 2.77 bits per heavy atom. The number of aromatic hydroxyl groups is 1. The number of anilines is 1. The summed E-state index contributed by atoms with van der Waals surface area (Å²) in [5.41, 5.74) is 2.40. The number of phenolic OH excluding ortho intramolecular Hbond substituents is 1. The summed E-state index contributed by atoms with van der Waals surface area (Å²) < 4.78 is 0. The van der Waals surface area contributed by atoms with Gasteiger partial charge in [0.05, 0.1) is 6.54 Å². The van der Waals surface area contributed by atoms with Crippen LogP contribution in [-0.4, -0.2) is 31.6 Å². The lowest BCUT2D eigenvalue weighted by atomic mass is 10.1. The number of nitrogens with zero attached hydrogens (tertiary/aromatic N) is 4. The Bertz CT molecular complexity index is 864. The summed E-state index contributed by atoms with van der Waals surface area (Å²) in [6.07, 6.45) is 2.26. The number of benzene rings is 2. The van der Waals surface area contributed by atoms with Crippen LogP contribution in [0.2, 0.25) is 0 Å². The minimum atomic E-state index is 0.0421. The van der Waals surface area contributed by atoms with Gasteiger partial charge >= 0.3 is 0 Å². The van der Waals surface area contributed by atoms with Crippen molar-refractivity contribution in [2.45, 2.75) is 32.7 Å². The lowest BCUT2D eigenvalue weighted by molar-refractivity contribution is -0.118. The molecule has 0 saturated heterocycles. The molecule has 1 amide bonds. The second-order valence-corrected chi connectivity index (χ2v) is 6.04. The summed E-state index contributed by atoms with van der Waals surface area (Å²) in [7, 11) is 0. The molecule has 0 aliphatic carbocycles. The molecule has 26 heavy (non-hydrogen) atoms. The SMILES string of the molecule is CCCCC(=O)N(Cc1cccc(O)c1)c1cccc(-c2nn[nH]n2)c1. The first-order chi connectivity index (χ1) is 12.7. The molecule has 0 spiro atoms. The summed E-state index contributed by atoms with van der Waals surface area (Å²) >= 11 is 0. The number of unbranched alkanes of at least 4 members (excludes halogenated alkanes) is 1. The predicted molar refractivity (Wildman–Crippen MR) is 98.4 cm³/mol. The Morgan fingerprint density at radius 2 is 2.04 bits per heavy atom. The van der Waals surface area contributed by atoms with E-state index in [1.54, 1.807) is 23.1 Å². The highest BCUT2D eigenvalue weighted by atomic mass is 16.3. The van der Waals surface area contributed by atoms with Gasteiger partial charge in [0.1, 0.15) is 5.75 Å². The van der Waals surface area contributed by atoms with Crippen molar-refractivity contribution in [1.29, 1.82) is 0 Å². The van der Waals surface area contributed by atoms with Gasteiger partial charge in [-0.2, -0.15) is 5.21 Å². The Kier molecular flexibility index (Phi) is 5.58. The van der Waals surface area contributed by atoms with E-state index in [9.17, 15) is 9.90 Å². The molecule has 0 aliphatic heterocycles. The van der Waals surface area contributed by atoms with Gasteiger partial charge < -0.3 is 10.0 Å². The fourth-order valence-corrected chi connectivity index (χ4v) is 2.72. The fraction of sp³-hybridized carbons (Fsp3) is 0.263. The molecule has 0 aliphatic rings. The first kappa shape index (κ1) is 17.6. The number of hydrogen-bond acceptors (Lipinski definition) is 5. The van der Waals surface area contributed by atoms with Gasteiger partial charge in [0.25, 0.3) is 0 Å². The monoisotopic (exact) mass is 351 g/mol. The number of carbonyl (C=O) groups excluding carboxylic acids is 1. The van der Waals surface area contributed by atoms with E-state index in [0.717, 1.165) is 29.7 Å². The van der Waals surface area contributed by atoms with Crippen molar-refractivity contribution in [3.63, 3.8) is 0 Å².